The van der Waals surface area contributed by atoms with E-state index in [2.05, 4.69) is 5.16 Å². The lowest BCUT2D eigenvalue weighted by Crippen LogP contribution is -2.36. The van der Waals surface area contributed by atoms with Crippen LogP contribution in [0.25, 0.3) is 0 Å². The Labute approximate surface area is 144 Å². The van der Waals surface area contributed by atoms with E-state index < -0.39 is 0 Å². The van der Waals surface area contributed by atoms with Crippen LogP contribution < -0.4 is 0 Å². The molecule has 2 aromatic rings. The van der Waals surface area contributed by atoms with Crippen molar-refractivity contribution < 1.29 is 18.4 Å². The number of carbonyl (C=O) groups is 1. The van der Waals surface area contributed by atoms with E-state index in [1.165, 1.54) is 24.0 Å². The maximum absolute atomic E-state index is 13.8. The first-order valence-corrected chi connectivity index (χ1v) is 8.01. The summed E-state index contributed by atoms with van der Waals surface area (Å²) in [6.07, 6.45) is 0.00686. The molecule has 0 aliphatic carbocycles. The number of halogens is 2. The minimum absolute atomic E-state index is 0.150. The molecule has 4 nitrogen and oxygen atoms in total. The first kappa shape index (κ1) is 17.1. The highest BCUT2D eigenvalue weighted by Crippen LogP contribution is 2.20. The molecule has 0 bridgehead atoms. The van der Waals surface area contributed by atoms with Crippen LogP contribution in [-0.4, -0.2) is 29.2 Å². The predicted octanol–water partition coefficient (Wildman–Crippen LogP) is 3.51. The average Bonchev–Trinajstić information content (AvgIpc) is 3.05. The molecule has 1 amide bonds. The normalized spacial score (nSPS) is 16.3. The number of hydrogen-bond acceptors (Lipinski definition) is 3. The standard InChI is InChI=1S/C19H18F2N2O2/c1-13(24)23(11-14-6-2-4-8-17(14)20)12-15-10-19(22-25-15)16-7-3-5-9-18(16)21/h2-9,15H,10-12H2,1H3. The van der Waals surface area contributed by atoms with Crippen LogP contribution in [0.4, 0.5) is 8.78 Å². The third kappa shape index (κ3) is 4.02. The molecule has 0 N–H and O–H groups in total. The average molecular weight is 344 g/mol. The molecule has 0 fully saturated rings. The van der Waals surface area contributed by atoms with Crippen molar-refractivity contribution in [3.63, 3.8) is 0 Å². The van der Waals surface area contributed by atoms with Gasteiger partial charge in [-0.3, -0.25) is 4.79 Å². The molecule has 1 aliphatic rings. The lowest BCUT2D eigenvalue weighted by atomic mass is 10.0. The maximum atomic E-state index is 13.8. The Morgan fingerprint density at radius 3 is 2.52 bits per heavy atom. The fourth-order valence-electron chi connectivity index (χ4n) is 2.76. The van der Waals surface area contributed by atoms with E-state index in [-0.39, 0.29) is 36.7 Å². The van der Waals surface area contributed by atoms with Gasteiger partial charge in [0.15, 0.2) is 6.10 Å². The molecular formula is C19H18F2N2O2. The highest BCUT2D eigenvalue weighted by atomic mass is 19.1. The van der Waals surface area contributed by atoms with Gasteiger partial charge in [0.05, 0.1) is 12.3 Å². The molecule has 0 radical (unpaired) electrons. The van der Waals surface area contributed by atoms with Crippen molar-refractivity contribution in [2.75, 3.05) is 6.54 Å². The van der Waals surface area contributed by atoms with E-state index in [4.69, 9.17) is 4.84 Å². The number of oxime groups is 1. The van der Waals surface area contributed by atoms with Gasteiger partial charge in [-0.1, -0.05) is 41.6 Å². The molecule has 1 heterocycles. The third-order valence-electron chi connectivity index (χ3n) is 4.11. The Balaban J connectivity index is 1.66. The molecule has 1 unspecified atom stereocenters. The Morgan fingerprint density at radius 1 is 1.16 bits per heavy atom. The van der Waals surface area contributed by atoms with E-state index in [1.54, 1.807) is 36.4 Å². The summed E-state index contributed by atoms with van der Waals surface area (Å²) in [4.78, 5) is 18.8. The molecule has 2 aromatic carbocycles. The van der Waals surface area contributed by atoms with Crippen LogP contribution >= 0.6 is 0 Å². The summed E-state index contributed by atoms with van der Waals surface area (Å²) in [5, 5.41) is 3.95. The zero-order chi connectivity index (χ0) is 17.8. The van der Waals surface area contributed by atoms with Crippen molar-refractivity contribution in [1.82, 2.24) is 4.90 Å². The van der Waals surface area contributed by atoms with E-state index in [1.807, 2.05) is 0 Å². The minimum Gasteiger partial charge on any atom is -0.390 e. The third-order valence-corrected chi connectivity index (χ3v) is 4.11. The first-order chi connectivity index (χ1) is 12.0. The zero-order valence-electron chi connectivity index (χ0n) is 13.8. The number of nitrogens with zero attached hydrogens (tertiary/aromatic N) is 2. The molecule has 0 spiro atoms. The van der Waals surface area contributed by atoms with Gasteiger partial charge < -0.3 is 9.74 Å². The van der Waals surface area contributed by atoms with Crippen molar-refractivity contribution in [2.24, 2.45) is 5.16 Å². The Kier molecular flexibility index (Phi) is 5.07. The van der Waals surface area contributed by atoms with Gasteiger partial charge in [-0.15, -0.1) is 0 Å². The van der Waals surface area contributed by atoms with Crippen LogP contribution in [0.2, 0.25) is 0 Å². The van der Waals surface area contributed by atoms with Gasteiger partial charge in [-0.25, -0.2) is 8.78 Å². The zero-order valence-corrected chi connectivity index (χ0v) is 13.8. The molecule has 0 saturated heterocycles. The summed E-state index contributed by atoms with van der Waals surface area (Å²) < 4.78 is 27.7. The number of benzene rings is 2. The summed E-state index contributed by atoms with van der Waals surface area (Å²) >= 11 is 0. The quantitative estimate of drug-likeness (QED) is 0.833. The van der Waals surface area contributed by atoms with Crippen molar-refractivity contribution in [2.45, 2.75) is 26.0 Å². The Hall–Kier alpha value is -2.76. The summed E-state index contributed by atoms with van der Waals surface area (Å²) in [5.74, 6) is -0.907. The lowest BCUT2D eigenvalue weighted by Gasteiger charge is -2.23. The van der Waals surface area contributed by atoms with Crippen LogP contribution in [0.1, 0.15) is 24.5 Å². The van der Waals surface area contributed by atoms with Crippen molar-refractivity contribution in [3.8, 4) is 0 Å². The number of rotatable bonds is 5. The topological polar surface area (TPSA) is 41.9 Å². The van der Waals surface area contributed by atoms with Gasteiger partial charge in [-0.2, -0.15) is 0 Å². The highest BCUT2D eigenvalue weighted by Gasteiger charge is 2.27. The molecule has 6 heteroatoms. The summed E-state index contributed by atoms with van der Waals surface area (Å²) in [7, 11) is 0. The lowest BCUT2D eigenvalue weighted by molar-refractivity contribution is -0.131. The molecule has 25 heavy (non-hydrogen) atoms. The Bertz CT molecular complexity index is 808. The van der Waals surface area contributed by atoms with Crippen LogP contribution in [0, 0.1) is 11.6 Å². The van der Waals surface area contributed by atoms with Crippen LogP contribution in [0.15, 0.2) is 53.7 Å². The highest BCUT2D eigenvalue weighted by molar-refractivity contribution is 6.01. The van der Waals surface area contributed by atoms with Gasteiger partial charge in [0.1, 0.15) is 11.6 Å². The molecule has 1 atom stereocenters. The van der Waals surface area contributed by atoms with E-state index in [0.29, 0.717) is 23.3 Å². The second kappa shape index (κ2) is 7.42. The van der Waals surface area contributed by atoms with Crippen molar-refractivity contribution in [3.05, 3.63) is 71.3 Å². The number of carbonyl (C=O) groups excluding carboxylic acids is 1. The van der Waals surface area contributed by atoms with E-state index in [9.17, 15) is 13.6 Å². The van der Waals surface area contributed by atoms with Crippen LogP contribution in [-0.2, 0) is 16.2 Å². The molecule has 0 saturated carbocycles. The fraction of sp³-hybridized carbons (Fsp3) is 0.263. The SMILES string of the molecule is CC(=O)N(Cc1ccccc1F)CC1CC(c2ccccc2F)=NO1. The maximum Gasteiger partial charge on any atom is 0.219 e. The predicted molar refractivity (Wildman–Crippen MR) is 89.9 cm³/mol. The molecule has 0 aromatic heterocycles. The summed E-state index contributed by atoms with van der Waals surface area (Å²) in [5.41, 5.74) is 1.34. The van der Waals surface area contributed by atoms with E-state index in [0.717, 1.165) is 0 Å². The van der Waals surface area contributed by atoms with Crippen molar-refractivity contribution in [1.29, 1.82) is 0 Å². The summed E-state index contributed by atoms with van der Waals surface area (Å²) in [6, 6.07) is 12.7. The second-order valence-corrected chi connectivity index (χ2v) is 5.94. The minimum atomic E-state index is -0.384. The first-order valence-electron chi connectivity index (χ1n) is 8.01. The second-order valence-electron chi connectivity index (χ2n) is 5.94. The van der Waals surface area contributed by atoms with Gasteiger partial charge in [-0.05, 0) is 12.1 Å². The fourth-order valence-corrected chi connectivity index (χ4v) is 2.76. The van der Waals surface area contributed by atoms with Crippen molar-refractivity contribution >= 4 is 11.6 Å². The molecular weight excluding hydrogens is 326 g/mol. The molecule has 1 aliphatic heterocycles. The molecule has 3 rings (SSSR count). The van der Waals surface area contributed by atoms with Gasteiger partial charge in [0, 0.05) is 31.0 Å². The number of hydrogen-bond donors (Lipinski definition) is 0. The molecule has 130 valence electrons. The van der Waals surface area contributed by atoms with Crippen LogP contribution in [0.3, 0.4) is 0 Å². The number of amides is 1. The summed E-state index contributed by atoms with van der Waals surface area (Å²) in [6.45, 7) is 1.83. The van der Waals surface area contributed by atoms with Gasteiger partial charge in [0.25, 0.3) is 0 Å². The largest absolute Gasteiger partial charge is 0.390 e. The van der Waals surface area contributed by atoms with Crippen LogP contribution in [0.5, 0.6) is 0 Å². The van der Waals surface area contributed by atoms with Gasteiger partial charge >= 0.3 is 0 Å². The monoisotopic (exact) mass is 344 g/mol. The van der Waals surface area contributed by atoms with Gasteiger partial charge in [0.2, 0.25) is 5.91 Å². The smallest absolute Gasteiger partial charge is 0.219 e. The van der Waals surface area contributed by atoms with E-state index >= 15 is 0 Å². The Morgan fingerprint density at radius 2 is 1.84 bits per heavy atom.